The Morgan fingerprint density at radius 2 is 1.52 bits per heavy atom. The van der Waals surface area contributed by atoms with Gasteiger partial charge in [0.1, 0.15) is 5.75 Å². The van der Waals surface area contributed by atoms with Gasteiger partial charge < -0.3 is 4.74 Å². The molecule has 0 aliphatic carbocycles. The van der Waals surface area contributed by atoms with Crippen molar-refractivity contribution >= 4 is 22.8 Å². The van der Waals surface area contributed by atoms with Crippen molar-refractivity contribution < 1.29 is 9.53 Å². The molecule has 3 aromatic rings. The summed E-state index contributed by atoms with van der Waals surface area (Å²) in [5.41, 5.74) is 0.966. The zero-order chi connectivity index (χ0) is 14.5. The van der Waals surface area contributed by atoms with Crippen molar-refractivity contribution in [3.05, 3.63) is 84.4 Å². The van der Waals surface area contributed by atoms with Gasteiger partial charge in [-0.25, -0.2) is 4.79 Å². The van der Waals surface area contributed by atoms with Crippen LogP contribution in [0, 0.1) is 0 Å². The van der Waals surface area contributed by atoms with Crippen LogP contribution >= 0.6 is 0 Å². The number of hydrogen-bond donors (Lipinski definition) is 0. The third kappa shape index (κ3) is 3.37. The van der Waals surface area contributed by atoms with Gasteiger partial charge in [0.25, 0.3) is 0 Å². The third-order valence-corrected chi connectivity index (χ3v) is 3.15. The van der Waals surface area contributed by atoms with E-state index in [2.05, 4.69) is 0 Å². The monoisotopic (exact) mass is 274 g/mol. The number of benzene rings is 3. The van der Waals surface area contributed by atoms with Gasteiger partial charge >= 0.3 is 5.97 Å². The van der Waals surface area contributed by atoms with Crippen LogP contribution in [0.2, 0.25) is 0 Å². The van der Waals surface area contributed by atoms with Crippen LogP contribution in [-0.2, 0) is 4.79 Å². The third-order valence-electron chi connectivity index (χ3n) is 3.15. The zero-order valence-electron chi connectivity index (χ0n) is 11.4. The van der Waals surface area contributed by atoms with Gasteiger partial charge in [-0.05, 0) is 34.5 Å². The summed E-state index contributed by atoms with van der Waals surface area (Å²) in [6.45, 7) is 0. The number of fused-ring (bicyclic) bond motifs is 1. The molecule has 3 aromatic carbocycles. The summed E-state index contributed by atoms with van der Waals surface area (Å²) in [5, 5.41) is 2.17. The molecule has 0 saturated heterocycles. The van der Waals surface area contributed by atoms with Gasteiger partial charge in [0.15, 0.2) is 0 Å². The van der Waals surface area contributed by atoms with Crippen LogP contribution in [0.5, 0.6) is 5.75 Å². The summed E-state index contributed by atoms with van der Waals surface area (Å²) in [4.78, 5) is 11.8. The molecule has 0 amide bonds. The number of ether oxygens (including phenoxy) is 1. The van der Waals surface area contributed by atoms with Crippen LogP contribution in [0.3, 0.4) is 0 Å². The van der Waals surface area contributed by atoms with E-state index in [1.807, 2.05) is 66.7 Å². The Morgan fingerprint density at radius 1 is 0.810 bits per heavy atom. The van der Waals surface area contributed by atoms with Crippen LogP contribution < -0.4 is 4.74 Å². The van der Waals surface area contributed by atoms with Gasteiger partial charge in [-0.15, -0.1) is 0 Å². The molecular formula is C19H14O2. The van der Waals surface area contributed by atoms with Gasteiger partial charge in [-0.3, -0.25) is 0 Å². The molecule has 0 bridgehead atoms. The minimum absolute atomic E-state index is 0.380. The number of esters is 1. The molecule has 0 unspecified atom stereocenters. The maximum Gasteiger partial charge on any atom is 0.336 e. The van der Waals surface area contributed by atoms with E-state index < -0.39 is 0 Å². The maximum atomic E-state index is 11.8. The first kappa shape index (κ1) is 13.1. The SMILES string of the molecule is O=C(/C=C/c1ccccc1)Oc1ccc2ccccc2c1. The zero-order valence-corrected chi connectivity index (χ0v) is 11.4. The van der Waals surface area contributed by atoms with Crippen molar-refractivity contribution in [3.63, 3.8) is 0 Å². The van der Waals surface area contributed by atoms with E-state index in [-0.39, 0.29) is 5.97 Å². The van der Waals surface area contributed by atoms with Crippen molar-refractivity contribution in [1.29, 1.82) is 0 Å². The van der Waals surface area contributed by atoms with E-state index in [4.69, 9.17) is 4.74 Å². The Hall–Kier alpha value is -2.87. The molecule has 3 rings (SSSR count). The highest BCUT2D eigenvalue weighted by Crippen LogP contribution is 2.20. The van der Waals surface area contributed by atoms with Gasteiger partial charge in [-0.1, -0.05) is 60.7 Å². The first-order chi connectivity index (χ1) is 10.3. The lowest BCUT2D eigenvalue weighted by Gasteiger charge is -2.03. The molecular weight excluding hydrogens is 260 g/mol. The quantitative estimate of drug-likeness (QED) is 0.400. The maximum absolute atomic E-state index is 11.8. The van der Waals surface area contributed by atoms with Crippen LogP contribution in [0.4, 0.5) is 0 Å². The lowest BCUT2D eigenvalue weighted by atomic mass is 10.1. The second-order valence-electron chi connectivity index (χ2n) is 4.67. The predicted octanol–water partition coefficient (Wildman–Crippen LogP) is 4.46. The normalized spacial score (nSPS) is 10.9. The minimum Gasteiger partial charge on any atom is -0.423 e. The number of hydrogen-bond acceptors (Lipinski definition) is 2. The molecule has 0 N–H and O–H groups in total. The Labute approximate surface area is 123 Å². The van der Waals surface area contributed by atoms with Crippen molar-refractivity contribution in [1.82, 2.24) is 0 Å². The fraction of sp³-hybridized carbons (Fsp3) is 0. The summed E-state index contributed by atoms with van der Waals surface area (Å²) in [5.74, 6) is 0.172. The highest BCUT2D eigenvalue weighted by molar-refractivity contribution is 5.90. The van der Waals surface area contributed by atoms with Crippen molar-refractivity contribution in [3.8, 4) is 5.75 Å². The second kappa shape index (κ2) is 6.06. The first-order valence-corrected chi connectivity index (χ1v) is 6.75. The average molecular weight is 274 g/mol. The molecule has 2 heteroatoms. The van der Waals surface area contributed by atoms with E-state index >= 15 is 0 Å². The van der Waals surface area contributed by atoms with E-state index in [9.17, 15) is 4.79 Å². The van der Waals surface area contributed by atoms with Crippen LogP contribution in [0.1, 0.15) is 5.56 Å². The highest BCUT2D eigenvalue weighted by atomic mass is 16.5. The molecule has 0 aliphatic rings. The Kier molecular flexibility index (Phi) is 3.79. The molecule has 0 radical (unpaired) electrons. The van der Waals surface area contributed by atoms with Crippen LogP contribution in [0.25, 0.3) is 16.8 Å². The summed E-state index contributed by atoms with van der Waals surface area (Å²) >= 11 is 0. The number of carbonyl (C=O) groups excluding carboxylic acids is 1. The van der Waals surface area contributed by atoms with Gasteiger partial charge in [0, 0.05) is 6.08 Å². The Bertz CT molecular complexity index is 789. The van der Waals surface area contributed by atoms with Crippen molar-refractivity contribution in [2.75, 3.05) is 0 Å². The predicted molar refractivity (Wildman–Crippen MR) is 85.1 cm³/mol. The fourth-order valence-electron chi connectivity index (χ4n) is 2.11. The Balaban J connectivity index is 1.73. The summed E-state index contributed by atoms with van der Waals surface area (Å²) in [7, 11) is 0. The molecule has 102 valence electrons. The average Bonchev–Trinajstić information content (AvgIpc) is 2.54. The van der Waals surface area contributed by atoms with Crippen LogP contribution in [0.15, 0.2) is 78.9 Å². The number of rotatable bonds is 3. The van der Waals surface area contributed by atoms with Crippen LogP contribution in [-0.4, -0.2) is 5.97 Å². The molecule has 0 spiro atoms. The van der Waals surface area contributed by atoms with E-state index in [0.29, 0.717) is 5.75 Å². The van der Waals surface area contributed by atoms with Gasteiger partial charge in [0.05, 0.1) is 0 Å². The van der Waals surface area contributed by atoms with Gasteiger partial charge in [0.2, 0.25) is 0 Å². The van der Waals surface area contributed by atoms with E-state index in [1.54, 1.807) is 12.1 Å². The van der Waals surface area contributed by atoms with Crippen molar-refractivity contribution in [2.45, 2.75) is 0 Å². The largest absolute Gasteiger partial charge is 0.423 e. The summed E-state index contributed by atoms with van der Waals surface area (Å²) in [6.07, 6.45) is 3.17. The number of carbonyl (C=O) groups is 1. The molecule has 0 fully saturated rings. The smallest absolute Gasteiger partial charge is 0.336 e. The molecule has 0 heterocycles. The Morgan fingerprint density at radius 3 is 2.33 bits per heavy atom. The standard InChI is InChI=1S/C19H14O2/c20-19(13-10-15-6-2-1-3-7-15)21-18-12-11-16-8-4-5-9-17(16)14-18/h1-14H/b13-10+. The first-order valence-electron chi connectivity index (χ1n) is 6.75. The topological polar surface area (TPSA) is 26.3 Å². The summed E-state index contributed by atoms with van der Waals surface area (Å²) < 4.78 is 5.32. The van der Waals surface area contributed by atoms with Gasteiger partial charge in [-0.2, -0.15) is 0 Å². The second-order valence-corrected chi connectivity index (χ2v) is 4.67. The fourth-order valence-corrected chi connectivity index (χ4v) is 2.11. The molecule has 0 aliphatic heterocycles. The molecule has 0 saturated carbocycles. The molecule has 21 heavy (non-hydrogen) atoms. The molecule has 0 aromatic heterocycles. The van der Waals surface area contributed by atoms with Crippen molar-refractivity contribution in [2.24, 2.45) is 0 Å². The minimum atomic E-state index is -0.380. The van der Waals surface area contributed by atoms with E-state index in [1.165, 1.54) is 6.08 Å². The lowest BCUT2D eigenvalue weighted by molar-refractivity contribution is -0.128. The molecule has 0 atom stereocenters. The lowest BCUT2D eigenvalue weighted by Crippen LogP contribution is -2.03. The highest BCUT2D eigenvalue weighted by Gasteiger charge is 2.01. The van der Waals surface area contributed by atoms with E-state index in [0.717, 1.165) is 16.3 Å². The molecule has 2 nitrogen and oxygen atoms in total. The summed E-state index contributed by atoms with van der Waals surface area (Å²) in [6, 6.07) is 23.2.